The van der Waals surface area contributed by atoms with Crippen molar-refractivity contribution >= 4 is 40.4 Å². The first-order valence-electron chi connectivity index (χ1n) is 5.07. The van der Waals surface area contributed by atoms with Gasteiger partial charge in [0.15, 0.2) is 0 Å². The summed E-state index contributed by atoms with van der Waals surface area (Å²) >= 11 is 13.3. The van der Waals surface area contributed by atoms with E-state index < -0.39 is 0 Å². The van der Waals surface area contributed by atoms with Gasteiger partial charge in [-0.2, -0.15) is 0 Å². The maximum absolute atomic E-state index is 7.31. The third-order valence-corrected chi connectivity index (χ3v) is 3.74. The topological polar surface area (TPSA) is 59.1 Å². The molecule has 94 valence electrons. The second kappa shape index (κ2) is 5.61. The van der Waals surface area contributed by atoms with E-state index in [0.717, 1.165) is 9.21 Å². The van der Waals surface area contributed by atoms with Crippen LogP contribution in [0.1, 0.15) is 10.4 Å². The molecule has 0 saturated heterocycles. The van der Waals surface area contributed by atoms with Gasteiger partial charge < -0.3 is 10.5 Å². The fourth-order valence-electron chi connectivity index (χ4n) is 1.36. The number of halogens is 2. The van der Waals surface area contributed by atoms with Crippen LogP contribution in [-0.2, 0) is 6.61 Å². The number of rotatable bonds is 4. The predicted octanol–water partition coefficient (Wildman–Crippen LogP) is 3.92. The highest BCUT2D eigenvalue weighted by Crippen LogP contribution is 2.28. The lowest BCUT2D eigenvalue weighted by atomic mass is 10.2. The fourth-order valence-corrected chi connectivity index (χ4v) is 2.60. The standard InChI is InChI=1S/C12H10Cl2N2OS/c13-9-5-7(12(15)16)1-3-10(9)17-6-8-2-4-11(14)18-8/h1-5H,6H2,(H3,15,16). The minimum atomic E-state index is -0.0199. The van der Waals surface area contributed by atoms with Crippen molar-refractivity contribution in [3.8, 4) is 5.75 Å². The van der Waals surface area contributed by atoms with E-state index >= 15 is 0 Å². The van der Waals surface area contributed by atoms with E-state index in [4.69, 9.17) is 39.1 Å². The van der Waals surface area contributed by atoms with E-state index in [-0.39, 0.29) is 5.84 Å². The summed E-state index contributed by atoms with van der Waals surface area (Å²) in [4.78, 5) is 1.02. The molecule has 1 aromatic carbocycles. The van der Waals surface area contributed by atoms with Crippen molar-refractivity contribution in [2.24, 2.45) is 5.73 Å². The largest absolute Gasteiger partial charge is 0.487 e. The first-order valence-corrected chi connectivity index (χ1v) is 6.64. The second-order valence-electron chi connectivity index (χ2n) is 3.55. The summed E-state index contributed by atoms with van der Waals surface area (Å²) in [7, 11) is 0. The van der Waals surface area contributed by atoms with Gasteiger partial charge in [-0.15, -0.1) is 11.3 Å². The summed E-state index contributed by atoms with van der Waals surface area (Å²) in [5.74, 6) is 0.541. The van der Waals surface area contributed by atoms with E-state index in [1.165, 1.54) is 11.3 Å². The molecular formula is C12H10Cl2N2OS. The SMILES string of the molecule is N=C(N)c1ccc(OCc2ccc(Cl)s2)c(Cl)c1. The molecule has 0 aliphatic rings. The monoisotopic (exact) mass is 300 g/mol. The van der Waals surface area contributed by atoms with Gasteiger partial charge in [0.2, 0.25) is 0 Å². The van der Waals surface area contributed by atoms with Crippen molar-refractivity contribution in [1.29, 1.82) is 5.41 Å². The Kier molecular flexibility index (Phi) is 4.11. The maximum atomic E-state index is 7.31. The van der Waals surface area contributed by atoms with E-state index in [1.54, 1.807) is 18.2 Å². The predicted molar refractivity (Wildman–Crippen MR) is 76.1 cm³/mol. The quantitative estimate of drug-likeness (QED) is 0.664. The van der Waals surface area contributed by atoms with Crippen LogP contribution < -0.4 is 10.5 Å². The normalized spacial score (nSPS) is 10.3. The molecule has 3 nitrogen and oxygen atoms in total. The van der Waals surface area contributed by atoms with Gasteiger partial charge in [-0.25, -0.2) is 0 Å². The summed E-state index contributed by atoms with van der Waals surface area (Å²) in [6, 6.07) is 8.75. The highest BCUT2D eigenvalue weighted by molar-refractivity contribution is 7.16. The van der Waals surface area contributed by atoms with Gasteiger partial charge in [0.05, 0.1) is 9.36 Å². The Morgan fingerprint density at radius 1 is 1.28 bits per heavy atom. The Morgan fingerprint density at radius 2 is 2.06 bits per heavy atom. The van der Waals surface area contributed by atoms with Gasteiger partial charge in [0.1, 0.15) is 18.2 Å². The molecule has 18 heavy (non-hydrogen) atoms. The molecule has 0 aliphatic carbocycles. The van der Waals surface area contributed by atoms with E-state index in [0.29, 0.717) is 22.9 Å². The zero-order chi connectivity index (χ0) is 13.1. The van der Waals surface area contributed by atoms with Gasteiger partial charge in [-0.1, -0.05) is 23.2 Å². The number of hydrogen-bond donors (Lipinski definition) is 2. The van der Waals surface area contributed by atoms with Crippen LogP contribution in [0.15, 0.2) is 30.3 Å². The highest BCUT2D eigenvalue weighted by atomic mass is 35.5. The molecule has 0 fully saturated rings. The molecule has 2 aromatic rings. The van der Waals surface area contributed by atoms with Crippen LogP contribution in [0.5, 0.6) is 5.75 Å². The first kappa shape index (κ1) is 13.2. The summed E-state index contributed by atoms with van der Waals surface area (Å²) in [6.45, 7) is 0.413. The molecule has 0 unspecified atom stereocenters. The Hall–Kier alpha value is -1.23. The van der Waals surface area contributed by atoms with Crippen molar-refractivity contribution in [3.63, 3.8) is 0 Å². The number of hydrogen-bond acceptors (Lipinski definition) is 3. The van der Waals surface area contributed by atoms with E-state index in [1.807, 2.05) is 12.1 Å². The van der Waals surface area contributed by atoms with Gasteiger partial charge in [-0.05, 0) is 30.3 Å². The fraction of sp³-hybridized carbons (Fsp3) is 0.0833. The van der Waals surface area contributed by atoms with Crippen molar-refractivity contribution in [1.82, 2.24) is 0 Å². The molecule has 0 aliphatic heterocycles. The molecule has 0 amide bonds. The molecule has 3 N–H and O–H groups in total. The lowest BCUT2D eigenvalue weighted by Crippen LogP contribution is -2.10. The molecule has 6 heteroatoms. The number of ether oxygens (including phenoxy) is 1. The van der Waals surface area contributed by atoms with Crippen LogP contribution >= 0.6 is 34.5 Å². The minimum absolute atomic E-state index is 0.0199. The third kappa shape index (κ3) is 3.16. The summed E-state index contributed by atoms with van der Waals surface area (Å²) < 4.78 is 6.31. The maximum Gasteiger partial charge on any atom is 0.138 e. The molecule has 0 atom stereocenters. The number of thiophene rings is 1. The lowest BCUT2D eigenvalue weighted by Gasteiger charge is -2.08. The molecule has 0 bridgehead atoms. The molecule has 2 rings (SSSR count). The summed E-state index contributed by atoms with van der Waals surface area (Å²) in [5.41, 5.74) is 5.95. The first-order chi connectivity index (χ1) is 8.56. The van der Waals surface area contributed by atoms with Crippen molar-refractivity contribution in [2.75, 3.05) is 0 Å². The van der Waals surface area contributed by atoms with Gasteiger partial charge in [-0.3, -0.25) is 5.41 Å². The number of nitrogens with two attached hydrogens (primary N) is 1. The molecule has 0 saturated carbocycles. The molecule has 1 heterocycles. The molecule has 1 aromatic heterocycles. The van der Waals surface area contributed by atoms with Crippen LogP contribution in [-0.4, -0.2) is 5.84 Å². The van der Waals surface area contributed by atoms with Crippen LogP contribution in [0.3, 0.4) is 0 Å². The zero-order valence-electron chi connectivity index (χ0n) is 9.24. The van der Waals surface area contributed by atoms with Crippen LogP contribution in [0.25, 0.3) is 0 Å². The molecular weight excluding hydrogens is 291 g/mol. The van der Waals surface area contributed by atoms with E-state index in [9.17, 15) is 0 Å². The van der Waals surface area contributed by atoms with E-state index in [2.05, 4.69) is 0 Å². The van der Waals surface area contributed by atoms with Gasteiger partial charge >= 0.3 is 0 Å². The summed E-state index contributed by atoms with van der Waals surface area (Å²) in [5, 5.41) is 7.74. The van der Waals surface area contributed by atoms with Crippen LogP contribution in [0.4, 0.5) is 0 Å². The Labute approximate surface area is 119 Å². The number of nitrogens with one attached hydrogen (secondary N) is 1. The van der Waals surface area contributed by atoms with Crippen LogP contribution in [0.2, 0.25) is 9.36 Å². The Morgan fingerprint density at radius 3 is 2.61 bits per heavy atom. The average molecular weight is 301 g/mol. The van der Waals surface area contributed by atoms with Crippen molar-refractivity contribution < 1.29 is 4.74 Å². The Balaban J connectivity index is 2.08. The molecule has 0 spiro atoms. The van der Waals surface area contributed by atoms with Crippen molar-refractivity contribution in [2.45, 2.75) is 6.61 Å². The lowest BCUT2D eigenvalue weighted by molar-refractivity contribution is 0.310. The smallest absolute Gasteiger partial charge is 0.138 e. The Bertz CT molecular complexity index is 583. The van der Waals surface area contributed by atoms with Gasteiger partial charge in [0, 0.05) is 10.4 Å². The highest BCUT2D eigenvalue weighted by Gasteiger charge is 2.06. The number of amidine groups is 1. The minimum Gasteiger partial charge on any atom is -0.487 e. The van der Waals surface area contributed by atoms with Gasteiger partial charge in [0.25, 0.3) is 0 Å². The second-order valence-corrected chi connectivity index (χ2v) is 5.76. The molecule has 0 radical (unpaired) electrons. The number of benzene rings is 1. The summed E-state index contributed by atoms with van der Waals surface area (Å²) in [6.07, 6.45) is 0. The van der Waals surface area contributed by atoms with Crippen LogP contribution in [0, 0.1) is 5.41 Å². The zero-order valence-corrected chi connectivity index (χ0v) is 11.6. The average Bonchev–Trinajstić information content (AvgIpc) is 2.73. The third-order valence-electron chi connectivity index (χ3n) is 2.24. The van der Waals surface area contributed by atoms with Crippen molar-refractivity contribution in [3.05, 3.63) is 50.1 Å². The number of nitrogen functional groups attached to an aromatic ring is 1.